The third kappa shape index (κ3) is 4.59. The number of ether oxygens (including phenoxy) is 2. The van der Waals surface area contributed by atoms with Crippen LogP contribution < -0.4 is 10.2 Å². The van der Waals surface area contributed by atoms with E-state index in [2.05, 4.69) is 0 Å². The maximum atomic E-state index is 9.11. The van der Waals surface area contributed by atoms with E-state index in [9.17, 15) is 0 Å². The molecular formula is C11H17BO4S. The van der Waals surface area contributed by atoms with Crippen LogP contribution in [-0.2, 0) is 10.5 Å². The van der Waals surface area contributed by atoms with Crippen LogP contribution in [0.3, 0.4) is 0 Å². The molecular weight excluding hydrogens is 239 g/mol. The number of hydrogen-bond acceptors (Lipinski definition) is 5. The first-order chi connectivity index (χ1) is 8.19. The lowest BCUT2D eigenvalue weighted by molar-refractivity contribution is 0.218. The first kappa shape index (κ1) is 14.4. The third-order valence-corrected chi connectivity index (χ3v) is 3.26. The summed E-state index contributed by atoms with van der Waals surface area (Å²) >= 11 is 1.71. The summed E-state index contributed by atoms with van der Waals surface area (Å²) in [6, 6.07) is 5.15. The largest absolute Gasteiger partial charge is 0.496 e. The maximum absolute atomic E-state index is 9.11. The minimum Gasteiger partial charge on any atom is -0.496 e. The van der Waals surface area contributed by atoms with Crippen LogP contribution in [0.1, 0.15) is 5.56 Å². The van der Waals surface area contributed by atoms with E-state index >= 15 is 0 Å². The summed E-state index contributed by atoms with van der Waals surface area (Å²) in [5.41, 5.74) is 1.44. The minimum absolute atomic E-state index is 0.480. The lowest BCUT2D eigenvalue weighted by atomic mass is 9.79. The van der Waals surface area contributed by atoms with Gasteiger partial charge in [-0.25, -0.2) is 0 Å². The molecule has 0 saturated carbocycles. The first-order valence-electron chi connectivity index (χ1n) is 5.28. The molecule has 1 aromatic rings. The molecule has 4 nitrogen and oxygen atoms in total. The third-order valence-electron chi connectivity index (χ3n) is 2.29. The van der Waals surface area contributed by atoms with Crippen LogP contribution in [0.5, 0.6) is 5.75 Å². The Bertz CT molecular complexity index is 346. The molecule has 1 rings (SSSR count). The minimum atomic E-state index is -1.44. The monoisotopic (exact) mass is 256 g/mol. The molecule has 0 bridgehead atoms. The lowest BCUT2D eigenvalue weighted by Gasteiger charge is -2.10. The van der Waals surface area contributed by atoms with Crippen molar-refractivity contribution in [1.29, 1.82) is 0 Å². The van der Waals surface area contributed by atoms with Crippen LogP contribution in [-0.4, -0.2) is 43.7 Å². The first-order valence-corrected chi connectivity index (χ1v) is 6.44. The van der Waals surface area contributed by atoms with Crippen molar-refractivity contribution in [3.8, 4) is 5.75 Å². The quantitative estimate of drug-likeness (QED) is 0.541. The fourth-order valence-corrected chi connectivity index (χ4v) is 2.27. The average Bonchev–Trinajstić information content (AvgIpc) is 2.34. The molecule has 17 heavy (non-hydrogen) atoms. The smallest absolute Gasteiger partial charge is 0.488 e. The summed E-state index contributed by atoms with van der Waals surface area (Å²) < 4.78 is 10.2. The van der Waals surface area contributed by atoms with E-state index in [1.807, 2.05) is 0 Å². The highest BCUT2D eigenvalue weighted by Gasteiger charge is 2.13. The molecule has 0 saturated heterocycles. The molecule has 2 N–H and O–H groups in total. The van der Waals surface area contributed by atoms with E-state index in [0.717, 1.165) is 22.8 Å². The molecule has 0 aliphatic heterocycles. The van der Waals surface area contributed by atoms with Crippen LogP contribution in [0, 0.1) is 0 Å². The van der Waals surface area contributed by atoms with Gasteiger partial charge >= 0.3 is 7.12 Å². The zero-order valence-corrected chi connectivity index (χ0v) is 10.9. The van der Waals surface area contributed by atoms with E-state index in [0.29, 0.717) is 12.1 Å². The van der Waals surface area contributed by atoms with Crippen LogP contribution >= 0.6 is 11.8 Å². The van der Waals surface area contributed by atoms with Gasteiger partial charge in [0.2, 0.25) is 0 Å². The maximum Gasteiger partial charge on any atom is 0.488 e. The van der Waals surface area contributed by atoms with Gasteiger partial charge in [-0.3, -0.25) is 0 Å². The number of methoxy groups -OCH3 is 2. The number of rotatable bonds is 7. The van der Waals surface area contributed by atoms with Crippen molar-refractivity contribution < 1.29 is 19.5 Å². The van der Waals surface area contributed by atoms with Crippen molar-refractivity contribution in [2.45, 2.75) is 5.75 Å². The van der Waals surface area contributed by atoms with Crippen LogP contribution in [0.4, 0.5) is 0 Å². The predicted molar refractivity (Wildman–Crippen MR) is 70.9 cm³/mol. The second-order valence-electron chi connectivity index (χ2n) is 3.49. The van der Waals surface area contributed by atoms with E-state index in [1.54, 1.807) is 44.2 Å². The molecule has 0 fully saturated rings. The van der Waals surface area contributed by atoms with Crippen molar-refractivity contribution >= 4 is 24.3 Å². The summed E-state index contributed by atoms with van der Waals surface area (Å²) in [5.74, 6) is 2.41. The molecule has 0 amide bonds. The van der Waals surface area contributed by atoms with E-state index < -0.39 is 7.12 Å². The van der Waals surface area contributed by atoms with Crippen molar-refractivity contribution in [2.24, 2.45) is 0 Å². The summed E-state index contributed by atoms with van der Waals surface area (Å²) in [6.45, 7) is 0.704. The predicted octanol–water partition coefficient (Wildman–Crippen LogP) is 0.255. The SMILES string of the molecule is COCCSCc1cc(B(O)O)ccc1OC. The van der Waals surface area contributed by atoms with Gasteiger partial charge in [0.1, 0.15) is 5.75 Å². The molecule has 6 heteroatoms. The Labute approximate surface area is 106 Å². The van der Waals surface area contributed by atoms with Crippen LogP contribution in [0.2, 0.25) is 0 Å². The Morgan fingerprint density at radius 2 is 2.06 bits per heavy atom. The zero-order chi connectivity index (χ0) is 12.7. The second kappa shape index (κ2) is 7.60. The van der Waals surface area contributed by atoms with Crippen LogP contribution in [0.15, 0.2) is 18.2 Å². The van der Waals surface area contributed by atoms with E-state index in [4.69, 9.17) is 19.5 Å². The normalized spacial score (nSPS) is 10.4. The Hall–Kier alpha value is -0.685. The fourth-order valence-electron chi connectivity index (χ4n) is 1.40. The van der Waals surface area contributed by atoms with Gasteiger partial charge in [0.25, 0.3) is 0 Å². The van der Waals surface area contributed by atoms with Crippen molar-refractivity contribution in [3.63, 3.8) is 0 Å². The highest BCUT2D eigenvalue weighted by Crippen LogP contribution is 2.21. The lowest BCUT2D eigenvalue weighted by Crippen LogP contribution is -2.30. The number of thioether (sulfide) groups is 1. The molecule has 1 aromatic carbocycles. The molecule has 0 spiro atoms. The zero-order valence-electron chi connectivity index (χ0n) is 10.0. The van der Waals surface area contributed by atoms with Crippen LogP contribution in [0.25, 0.3) is 0 Å². The molecule has 0 unspecified atom stereocenters. The van der Waals surface area contributed by atoms with E-state index in [1.165, 1.54) is 0 Å². The Morgan fingerprint density at radius 1 is 1.29 bits per heavy atom. The van der Waals surface area contributed by atoms with Gasteiger partial charge in [-0.2, -0.15) is 11.8 Å². The summed E-state index contributed by atoms with van der Waals surface area (Å²) in [7, 11) is 1.83. The van der Waals surface area contributed by atoms with Gasteiger partial charge in [0.15, 0.2) is 0 Å². The van der Waals surface area contributed by atoms with E-state index in [-0.39, 0.29) is 0 Å². The summed E-state index contributed by atoms with van der Waals surface area (Å²) in [5, 5.41) is 18.2. The number of hydrogen-bond donors (Lipinski definition) is 2. The number of benzene rings is 1. The molecule has 0 aliphatic carbocycles. The standard InChI is InChI=1S/C11H17BO4S/c1-15-5-6-17-8-9-7-10(12(13)14)3-4-11(9)16-2/h3-4,7,13-14H,5-6,8H2,1-2H3. The Morgan fingerprint density at radius 3 is 2.65 bits per heavy atom. The molecule has 0 atom stereocenters. The average molecular weight is 256 g/mol. The highest BCUT2D eigenvalue weighted by atomic mass is 32.2. The van der Waals surface area contributed by atoms with Crippen molar-refractivity contribution in [1.82, 2.24) is 0 Å². The summed E-state index contributed by atoms with van der Waals surface area (Å²) in [4.78, 5) is 0. The van der Waals surface area contributed by atoms with Crippen molar-refractivity contribution in [3.05, 3.63) is 23.8 Å². The Kier molecular flexibility index (Phi) is 6.43. The van der Waals surface area contributed by atoms with Gasteiger partial charge in [-0.1, -0.05) is 12.1 Å². The van der Waals surface area contributed by atoms with Gasteiger partial charge < -0.3 is 19.5 Å². The second-order valence-corrected chi connectivity index (χ2v) is 4.60. The van der Waals surface area contributed by atoms with Crippen molar-refractivity contribution in [2.75, 3.05) is 26.6 Å². The fraction of sp³-hybridized carbons (Fsp3) is 0.455. The highest BCUT2D eigenvalue weighted by molar-refractivity contribution is 7.98. The topological polar surface area (TPSA) is 58.9 Å². The molecule has 0 radical (unpaired) electrons. The van der Waals surface area contributed by atoms with Gasteiger partial charge in [-0.05, 0) is 11.5 Å². The van der Waals surface area contributed by atoms with Gasteiger partial charge in [0.05, 0.1) is 13.7 Å². The van der Waals surface area contributed by atoms with Gasteiger partial charge in [-0.15, -0.1) is 0 Å². The Balaban J connectivity index is 2.69. The summed E-state index contributed by atoms with van der Waals surface area (Å²) in [6.07, 6.45) is 0. The molecule has 0 aromatic heterocycles. The van der Waals surface area contributed by atoms with Gasteiger partial charge in [0, 0.05) is 24.2 Å². The molecule has 94 valence electrons. The molecule has 0 heterocycles. The molecule has 0 aliphatic rings.